The maximum absolute atomic E-state index is 11.0. The molecule has 3 nitrogen and oxygen atoms in total. The second-order valence-electron chi connectivity index (χ2n) is 2.16. The average Bonchev–Trinajstić information content (AvgIpc) is 1.96. The fourth-order valence-corrected chi connectivity index (χ4v) is 0.640. The Morgan fingerprint density at radius 3 is 2.80 bits per heavy atom. The highest BCUT2D eigenvalue weighted by Gasteiger charge is 1.97. The molecule has 3 heteroatoms. The van der Waals surface area contributed by atoms with Gasteiger partial charge in [-0.15, -0.1) is 0 Å². The zero-order valence-corrected chi connectivity index (χ0v) is 5.93. The van der Waals surface area contributed by atoms with Crippen LogP contribution in [0.25, 0.3) is 0 Å². The SMILES string of the molecule is [2H]C([2H])c1nc(C)c(=O)[nH]c1C. The molecule has 1 rings (SSSR count). The molecule has 0 atom stereocenters. The third-order valence-electron chi connectivity index (χ3n) is 1.30. The van der Waals surface area contributed by atoms with E-state index in [0.717, 1.165) is 0 Å². The van der Waals surface area contributed by atoms with Crippen LogP contribution in [0, 0.1) is 20.7 Å². The lowest BCUT2D eigenvalue weighted by Crippen LogP contribution is -2.14. The maximum Gasteiger partial charge on any atom is 0.269 e. The number of H-pyrrole nitrogens is 1. The van der Waals surface area contributed by atoms with Gasteiger partial charge in [0.15, 0.2) is 0 Å². The van der Waals surface area contributed by atoms with Crippen molar-refractivity contribution in [1.82, 2.24) is 9.97 Å². The summed E-state index contributed by atoms with van der Waals surface area (Å²) in [5, 5.41) is 0. The van der Waals surface area contributed by atoms with Gasteiger partial charge < -0.3 is 4.98 Å². The molecule has 1 aromatic heterocycles. The molecule has 0 aromatic carbocycles. The fourth-order valence-electron chi connectivity index (χ4n) is 0.640. The Bertz CT molecular complexity index is 346. The van der Waals surface area contributed by atoms with Gasteiger partial charge in [-0.05, 0) is 20.7 Å². The molecular weight excluding hydrogens is 128 g/mol. The number of nitrogens with one attached hydrogen (secondary N) is 1. The highest BCUT2D eigenvalue weighted by molar-refractivity contribution is 5.09. The Hall–Kier alpha value is -1.12. The summed E-state index contributed by atoms with van der Waals surface area (Å²) in [4.78, 5) is 17.4. The smallest absolute Gasteiger partial charge is 0.269 e. The van der Waals surface area contributed by atoms with Crippen molar-refractivity contribution in [3.8, 4) is 0 Å². The van der Waals surface area contributed by atoms with Gasteiger partial charge in [0.25, 0.3) is 5.56 Å². The summed E-state index contributed by atoms with van der Waals surface area (Å²) in [5.41, 5.74) is 0.865. The molecule has 0 bridgehead atoms. The van der Waals surface area contributed by atoms with Crippen LogP contribution in [0.2, 0.25) is 0 Å². The summed E-state index contributed by atoms with van der Waals surface area (Å²) >= 11 is 0. The van der Waals surface area contributed by atoms with Crippen LogP contribution in [0.4, 0.5) is 0 Å². The third-order valence-corrected chi connectivity index (χ3v) is 1.30. The number of hydrogen-bond donors (Lipinski definition) is 1. The fraction of sp³-hybridized carbons (Fsp3) is 0.429. The topological polar surface area (TPSA) is 45.8 Å². The van der Waals surface area contributed by atoms with Gasteiger partial charge in [0, 0.05) is 8.44 Å². The lowest BCUT2D eigenvalue weighted by molar-refractivity contribution is 0.965. The van der Waals surface area contributed by atoms with E-state index in [1.54, 1.807) is 13.8 Å². The van der Waals surface area contributed by atoms with Gasteiger partial charge in [0.1, 0.15) is 5.69 Å². The highest BCUT2D eigenvalue weighted by atomic mass is 16.1. The number of aryl methyl sites for hydroxylation is 3. The Balaban J connectivity index is 3.33. The van der Waals surface area contributed by atoms with Crippen LogP contribution in [0.15, 0.2) is 4.79 Å². The number of rotatable bonds is 0. The average molecular weight is 140 g/mol. The lowest BCUT2D eigenvalue weighted by atomic mass is 10.3. The van der Waals surface area contributed by atoms with Crippen molar-refractivity contribution in [2.24, 2.45) is 0 Å². The molecule has 0 radical (unpaired) electrons. The van der Waals surface area contributed by atoms with Gasteiger partial charge in [-0.3, -0.25) is 9.78 Å². The minimum Gasteiger partial charge on any atom is -0.323 e. The Labute approximate surface area is 61.9 Å². The monoisotopic (exact) mass is 140 g/mol. The molecule has 10 heavy (non-hydrogen) atoms. The van der Waals surface area contributed by atoms with Gasteiger partial charge >= 0.3 is 0 Å². The van der Waals surface area contributed by atoms with Crippen LogP contribution in [-0.4, -0.2) is 9.97 Å². The van der Waals surface area contributed by atoms with Crippen LogP contribution in [0.5, 0.6) is 0 Å². The molecule has 0 amide bonds. The number of nitrogens with zero attached hydrogens (tertiary/aromatic N) is 1. The zero-order valence-electron chi connectivity index (χ0n) is 7.93. The van der Waals surface area contributed by atoms with E-state index in [0.29, 0.717) is 17.1 Å². The molecule has 0 saturated carbocycles. The van der Waals surface area contributed by atoms with Gasteiger partial charge in [0.2, 0.25) is 0 Å². The van der Waals surface area contributed by atoms with Crippen molar-refractivity contribution in [2.75, 3.05) is 0 Å². The molecule has 1 aromatic rings. The van der Waals surface area contributed by atoms with Crippen molar-refractivity contribution in [3.63, 3.8) is 0 Å². The van der Waals surface area contributed by atoms with E-state index >= 15 is 0 Å². The van der Waals surface area contributed by atoms with Gasteiger partial charge in [-0.2, -0.15) is 0 Å². The molecule has 0 unspecified atom stereocenters. The Morgan fingerprint density at radius 1 is 1.50 bits per heavy atom. The summed E-state index contributed by atoms with van der Waals surface area (Å²) in [6.07, 6.45) is 0. The summed E-state index contributed by atoms with van der Waals surface area (Å²) in [7, 11) is 0. The summed E-state index contributed by atoms with van der Waals surface area (Å²) in [6.45, 7) is 2.06. The molecule has 0 spiro atoms. The summed E-state index contributed by atoms with van der Waals surface area (Å²) in [6, 6.07) is 0. The number of aromatic nitrogens is 2. The van der Waals surface area contributed by atoms with Crippen LogP contribution >= 0.6 is 0 Å². The van der Waals surface area contributed by atoms with E-state index in [1.165, 1.54) is 0 Å². The maximum atomic E-state index is 11.0. The standard InChI is InChI=1S/C7H10N2O/c1-4-5(2)9-7(10)6(3)8-4/h1-3H3,(H,9,10)/i1D2. The molecule has 1 N–H and O–H groups in total. The molecule has 0 saturated heterocycles. The first-order chi connectivity index (χ1) is 5.52. The first-order valence-corrected chi connectivity index (χ1v) is 2.94. The van der Waals surface area contributed by atoms with Crippen molar-refractivity contribution in [3.05, 3.63) is 27.4 Å². The molecular formula is C7H10N2O. The molecule has 0 fully saturated rings. The van der Waals surface area contributed by atoms with Gasteiger partial charge in [0.05, 0.1) is 5.69 Å². The molecule has 1 heterocycles. The minimum atomic E-state index is -1.14. The second-order valence-corrected chi connectivity index (χ2v) is 2.16. The van der Waals surface area contributed by atoms with E-state index < -0.39 is 6.88 Å². The normalized spacial score (nSPS) is 13.1. The van der Waals surface area contributed by atoms with Crippen LogP contribution in [0.3, 0.4) is 0 Å². The molecule has 54 valence electrons. The van der Waals surface area contributed by atoms with Crippen LogP contribution < -0.4 is 5.56 Å². The van der Waals surface area contributed by atoms with E-state index in [1.807, 2.05) is 0 Å². The second kappa shape index (κ2) is 2.25. The summed E-state index contributed by atoms with van der Waals surface area (Å²) < 4.78 is 14.2. The van der Waals surface area contributed by atoms with Crippen molar-refractivity contribution < 1.29 is 2.74 Å². The quantitative estimate of drug-likeness (QED) is 0.576. The first kappa shape index (κ1) is 4.66. The van der Waals surface area contributed by atoms with E-state index in [2.05, 4.69) is 9.97 Å². The lowest BCUT2D eigenvalue weighted by Gasteiger charge is -1.97. The molecule has 0 aliphatic carbocycles. The number of aromatic amines is 1. The molecule has 0 aliphatic rings. The van der Waals surface area contributed by atoms with Gasteiger partial charge in [-0.25, -0.2) is 0 Å². The number of hydrogen-bond acceptors (Lipinski definition) is 2. The Morgan fingerprint density at radius 2 is 2.20 bits per heavy atom. The van der Waals surface area contributed by atoms with Crippen molar-refractivity contribution in [2.45, 2.75) is 20.7 Å². The highest BCUT2D eigenvalue weighted by Crippen LogP contribution is 1.94. The summed E-state index contributed by atoms with van der Waals surface area (Å²) in [5.74, 6) is 0. The third kappa shape index (κ3) is 1.07. The zero-order chi connectivity index (χ0) is 9.30. The van der Waals surface area contributed by atoms with E-state index in [9.17, 15) is 4.79 Å². The van der Waals surface area contributed by atoms with Gasteiger partial charge in [-0.1, -0.05) is 0 Å². The Kier molecular flexibility index (Phi) is 1.05. The predicted molar refractivity (Wildman–Crippen MR) is 39.1 cm³/mol. The largest absolute Gasteiger partial charge is 0.323 e. The minimum absolute atomic E-state index is 0.253. The van der Waals surface area contributed by atoms with Crippen molar-refractivity contribution in [1.29, 1.82) is 0 Å². The van der Waals surface area contributed by atoms with Crippen molar-refractivity contribution >= 4 is 0 Å². The van der Waals surface area contributed by atoms with E-state index in [4.69, 9.17) is 2.74 Å². The van der Waals surface area contributed by atoms with Crippen LogP contribution in [-0.2, 0) is 0 Å². The van der Waals surface area contributed by atoms with Crippen LogP contribution in [0.1, 0.15) is 19.8 Å². The van der Waals surface area contributed by atoms with E-state index in [-0.39, 0.29) is 5.56 Å². The predicted octanol–water partition coefficient (Wildman–Crippen LogP) is 0.695. The molecule has 0 aliphatic heterocycles. The first-order valence-electron chi connectivity index (χ1n) is 4.09.